The Morgan fingerprint density at radius 3 is 3.08 bits per heavy atom. The van der Waals surface area contributed by atoms with Gasteiger partial charge in [-0.05, 0) is 24.3 Å². The van der Waals surface area contributed by atoms with E-state index in [0.29, 0.717) is 10.8 Å². The molecule has 4 atom stereocenters. The first-order valence-corrected chi connectivity index (χ1v) is 9.31. The Labute approximate surface area is 152 Å². The van der Waals surface area contributed by atoms with E-state index in [1.54, 1.807) is 6.20 Å². The summed E-state index contributed by atoms with van der Waals surface area (Å²) in [5, 5.41) is 6.15. The first-order chi connectivity index (χ1) is 12.7. The van der Waals surface area contributed by atoms with E-state index in [9.17, 15) is 9.59 Å². The molecule has 3 heterocycles. The van der Waals surface area contributed by atoms with Gasteiger partial charge in [0.25, 0.3) is 0 Å². The fourth-order valence-corrected chi connectivity index (χ4v) is 4.82. The van der Waals surface area contributed by atoms with E-state index in [1.807, 2.05) is 11.4 Å². The molecule has 0 aliphatic heterocycles. The molecule has 7 nitrogen and oxygen atoms in total. The van der Waals surface area contributed by atoms with E-state index in [2.05, 4.69) is 37.4 Å². The number of aromatic amines is 1. The molecule has 1 amide bonds. The SMILES string of the molecule is O=CC1C2C=CC(C2)C1C(=O)Nc1nc(-c2ncnc3[nH]ccc23)cs1. The van der Waals surface area contributed by atoms with E-state index in [1.165, 1.54) is 17.7 Å². The number of aromatic nitrogens is 4. The zero-order chi connectivity index (χ0) is 17.7. The van der Waals surface area contributed by atoms with Crippen LogP contribution < -0.4 is 5.32 Å². The summed E-state index contributed by atoms with van der Waals surface area (Å²) >= 11 is 1.35. The first-order valence-electron chi connectivity index (χ1n) is 8.43. The van der Waals surface area contributed by atoms with Crippen molar-refractivity contribution in [2.24, 2.45) is 23.7 Å². The molecule has 0 aromatic carbocycles. The van der Waals surface area contributed by atoms with Crippen molar-refractivity contribution in [3.05, 3.63) is 36.1 Å². The Hall–Kier alpha value is -2.87. The maximum atomic E-state index is 12.7. The molecule has 2 bridgehead atoms. The van der Waals surface area contributed by atoms with Crippen molar-refractivity contribution in [1.82, 2.24) is 19.9 Å². The quantitative estimate of drug-likeness (QED) is 0.547. The predicted molar refractivity (Wildman–Crippen MR) is 97.4 cm³/mol. The molecule has 5 rings (SSSR count). The van der Waals surface area contributed by atoms with Crippen molar-refractivity contribution in [3.63, 3.8) is 0 Å². The van der Waals surface area contributed by atoms with Gasteiger partial charge >= 0.3 is 0 Å². The van der Waals surface area contributed by atoms with E-state index < -0.39 is 0 Å². The number of nitrogens with one attached hydrogen (secondary N) is 2. The molecule has 2 N–H and O–H groups in total. The highest BCUT2D eigenvalue weighted by molar-refractivity contribution is 7.14. The van der Waals surface area contributed by atoms with Crippen molar-refractivity contribution in [3.8, 4) is 11.4 Å². The van der Waals surface area contributed by atoms with Crippen molar-refractivity contribution in [1.29, 1.82) is 0 Å². The lowest BCUT2D eigenvalue weighted by molar-refractivity contribution is -0.125. The minimum absolute atomic E-state index is 0.130. The smallest absolute Gasteiger partial charge is 0.230 e. The lowest BCUT2D eigenvalue weighted by Gasteiger charge is -2.22. The van der Waals surface area contributed by atoms with E-state index in [-0.39, 0.29) is 29.6 Å². The molecule has 0 spiro atoms. The number of nitrogens with zero attached hydrogens (tertiary/aromatic N) is 3. The molecule has 4 unspecified atom stereocenters. The van der Waals surface area contributed by atoms with Crippen molar-refractivity contribution in [2.75, 3.05) is 5.32 Å². The molecule has 0 radical (unpaired) electrons. The minimum atomic E-state index is -0.301. The third-order valence-electron chi connectivity index (χ3n) is 5.31. The van der Waals surface area contributed by atoms with Gasteiger partial charge in [0.05, 0.1) is 5.92 Å². The summed E-state index contributed by atoms with van der Waals surface area (Å²) in [5.41, 5.74) is 2.16. The second-order valence-electron chi connectivity index (χ2n) is 6.68. The minimum Gasteiger partial charge on any atom is -0.346 e. The number of anilines is 1. The Kier molecular flexibility index (Phi) is 3.46. The molecule has 3 aromatic heterocycles. The van der Waals surface area contributed by atoms with Gasteiger partial charge < -0.3 is 15.1 Å². The number of carbonyl (C=O) groups is 2. The Morgan fingerprint density at radius 2 is 2.19 bits per heavy atom. The number of H-pyrrole nitrogens is 1. The predicted octanol–water partition coefficient (Wildman–Crippen LogP) is 2.66. The molecule has 130 valence electrons. The van der Waals surface area contributed by atoms with Crippen LogP contribution in [0.5, 0.6) is 0 Å². The topological polar surface area (TPSA) is 101 Å². The van der Waals surface area contributed by atoms with Gasteiger partial charge in [-0.2, -0.15) is 0 Å². The van der Waals surface area contributed by atoms with Crippen LogP contribution in [0.25, 0.3) is 22.4 Å². The van der Waals surface area contributed by atoms with Gasteiger partial charge in [-0.3, -0.25) is 4.79 Å². The number of amides is 1. The van der Waals surface area contributed by atoms with Crippen LogP contribution in [0.4, 0.5) is 5.13 Å². The van der Waals surface area contributed by atoms with Crippen LogP contribution >= 0.6 is 11.3 Å². The van der Waals surface area contributed by atoms with Gasteiger partial charge in [-0.25, -0.2) is 15.0 Å². The van der Waals surface area contributed by atoms with Crippen LogP contribution in [0.3, 0.4) is 0 Å². The fourth-order valence-electron chi connectivity index (χ4n) is 4.12. The number of thiazole rings is 1. The lowest BCUT2D eigenvalue weighted by atomic mass is 9.83. The Balaban J connectivity index is 1.39. The standard InChI is InChI=1S/C18H15N5O2S/c24-6-12-9-1-2-10(5-9)14(12)17(25)23-18-22-13(7-26-18)15-11-3-4-19-16(11)21-8-20-15/h1-4,6-10,12,14H,5H2,(H,19,20,21)(H,22,23,25). The summed E-state index contributed by atoms with van der Waals surface area (Å²) in [7, 11) is 0. The maximum absolute atomic E-state index is 12.7. The summed E-state index contributed by atoms with van der Waals surface area (Å²) < 4.78 is 0. The summed E-state index contributed by atoms with van der Waals surface area (Å²) in [5.74, 6) is -0.315. The van der Waals surface area contributed by atoms with Crippen LogP contribution in [0, 0.1) is 23.7 Å². The zero-order valence-electron chi connectivity index (χ0n) is 13.6. The third-order valence-corrected chi connectivity index (χ3v) is 6.07. The highest BCUT2D eigenvalue weighted by Crippen LogP contribution is 2.47. The molecular formula is C18H15N5O2S. The molecule has 3 aromatic rings. The lowest BCUT2D eigenvalue weighted by Crippen LogP contribution is -2.33. The van der Waals surface area contributed by atoms with Crippen LogP contribution in [0.15, 0.2) is 36.1 Å². The number of hydrogen-bond donors (Lipinski definition) is 2. The van der Waals surface area contributed by atoms with Gasteiger partial charge in [0.2, 0.25) is 5.91 Å². The molecule has 1 fully saturated rings. The van der Waals surface area contributed by atoms with E-state index >= 15 is 0 Å². The van der Waals surface area contributed by atoms with Crippen LogP contribution in [0.2, 0.25) is 0 Å². The van der Waals surface area contributed by atoms with Gasteiger partial charge in [0, 0.05) is 22.9 Å². The number of aldehydes is 1. The zero-order valence-corrected chi connectivity index (χ0v) is 14.4. The molecule has 8 heteroatoms. The Bertz CT molecular complexity index is 1040. The average molecular weight is 365 g/mol. The van der Waals surface area contributed by atoms with Gasteiger partial charge in [-0.1, -0.05) is 12.2 Å². The molecule has 26 heavy (non-hydrogen) atoms. The van der Waals surface area contributed by atoms with E-state index in [4.69, 9.17) is 0 Å². The van der Waals surface area contributed by atoms with Crippen LogP contribution in [-0.2, 0) is 9.59 Å². The fraction of sp³-hybridized carbons (Fsp3) is 0.278. The molecule has 0 saturated heterocycles. The maximum Gasteiger partial charge on any atom is 0.230 e. The number of rotatable bonds is 4. The number of carbonyl (C=O) groups excluding carboxylic acids is 2. The number of allylic oxidation sites excluding steroid dienone is 2. The summed E-state index contributed by atoms with van der Waals surface area (Å²) in [6, 6.07) is 1.90. The second-order valence-corrected chi connectivity index (χ2v) is 7.54. The third kappa shape index (κ3) is 2.29. The molecule has 2 aliphatic carbocycles. The highest BCUT2D eigenvalue weighted by atomic mass is 32.1. The Morgan fingerprint density at radius 1 is 1.31 bits per heavy atom. The monoisotopic (exact) mass is 365 g/mol. The van der Waals surface area contributed by atoms with Crippen molar-refractivity contribution >= 4 is 39.7 Å². The highest BCUT2D eigenvalue weighted by Gasteiger charge is 2.48. The first kappa shape index (κ1) is 15.4. The van der Waals surface area contributed by atoms with Crippen molar-refractivity contribution in [2.45, 2.75) is 6.42 Å². The van der Waals surface area contributed by atoms with Crippen LogP contribution in [-0.4, -0.2) is 32.1 Å². The van der Waals surface area contributed by atoms with Gasteiger partial charge in [-0.15, -0.1) is 11.3 Å². The summed E-state index contributed by atoms with van der Waals surface area (Å²) in [4.78, 5) is 40.2. The largest absolute Gasteiger partial charge is 0.346 e. The molecule has 2 aliphatic rings. The second kappa shape index (κ2) is 5.84. The van der Waals surface area contributed by atoms with Crippen LogP contribution in [0.1, 0.15) is 6.42 Å². The number of fused-ring (bicyclic) bond motifs is 3. The number of hydrogen-bond acceptors (Lipinski definition) is 6. The average Bonchev–Trinajstić information content (AvgIpc) is 3.42. The summed E-state index contributed by atoms with van der Waals surface area (Å²) in [6.07, 6.45) is 9.23. The van der Waals surface area contributed by atoms with E-state index in [0.717, 1.165) is 29.4 Å². The normalized spacial score (nSPS) is 26.5. The summed E-state index contributed by atoms with van der Waals surface area (Å²) in [6.45, 7) is 0. The van der Waals surface area contributed by atoms with Gasteiger partial charge in [0.15, 0.2) is 5.13 Å². The molecular weight excluding hydrogens is 350 g/mol. The molecule has 1 saturated carbocycles. The van der Waals surface area contributed by atoms with Crippen molar-refractivity contribution < 1.29 is 9.59 Å². The van der Waals surface area contributed by atoms with Gasteiger partial charge in [0.1, 0.15) is 29.6 Å².